The molecule has 1 aliphatic rings. The van der Waals surface area contributed by atoms with Gasteiger partial charge in [0.15, 0.2) is 5.76 Å². The van der Waals surface area contributed by atoms with Crippen LogP contribution in [0.1, 0.15) is 27.9 Å². The van der Waals surface area contributed by atoms with E-state index < -0.39 is 41.5 Å². The molecule has 0 saturated heterocycles. The van der Waals surface area contributed by atoms with Crippen LogP contribution in [0.25, 0.3) is 0 Å². The fraction of sp³-hybridized carbons (Fsp3) is 0.222. The van der Waals surface area contributed by atoms with Crippen LogP contribution in [0.5, 0.6) is 0 Å². The molecule has 1 aliphatic heterocycles. The number of anilines is 2. The Bertz CT molecular complexity index is 1400. The van der Waals surface area contributed by atoms with Gasteiger partial charge in [0.25, 0.3) is 5.91 Å². The molecular formula is C27H22F5N3O5. The number of pyridine rings is 1. The summed E-state index contributed by atoms with van der Waals surface area (Å²) in [6.07, 6.45) is -3.54. The van der Waals surface area contributed by atoms with Crippen molar-refractivity contribution in [3.8, 4) is 0 Å². The Labute approximate surface area is 224 Å². The summed E-state index contributed by atoms with van der Waals surface area (Å²) < 4.78 is 76.0. The molecule has 8 nitrogen and oxygen atoms in total. The van der Waals surface area contributed by atoms with Crippen LogP contribution in [0.3, 0.4) is 0 Å². The average molecular weight is 563 g/mol. The van der Waals surface area contributed by atoms with E-state index in [2.05, 4.69) is 15.6 Å². The molecule has 0 radical (unpaired) electrons. The first-order valence-corrected chi connectivity index (χ1v) is 11.7. The summed E-state index contributed by atoms with van der Waals surface area (Å²) in [5.74, 6) is -6.90. The van der Waals surface area contributed by atoms with E-state index in [4.69, 9.17) is 9.47 Å². The van der Waals surface area contributed by atoms with Gasteiger partial charge in [-0.3, -0.25) is 9.59 Å². The van der Waals surface area contributed by atoms with E-state index in [-0.39, 0.29) is 36.0 Å². The first kappa shape index (κ1) is 28.3. The fourth-order valence-corrected chi connectivity index (χ4v) is 4.12. The fourth-order valence-electron chi connectivity index (χ4n) is 4.12. The van der Waals surface area contributed by atoms with Gasteiger partial charge >= 0.3 is 18.1 Å². The number of carboxylic acids is 1. The molecule has 0 spiro atoms. The monoisotopic (exact) mass is 563 g/mol. The summed E-state index contributed by atoms with van der Waals surface area (Å²) in [6.45, 7) is -0.147. The number of nitrogens with zero attached hydrogens (tertiary/aromatic N) is 1. The lowest BCUT2D eigenvalue weighted by Crippen LogP contribution is -2.45. The number of halogens is 5. The predicted molar refractivity (Wildman–Crippen MR) is 132 cm³/mol. The summed E-state index contributed by atoms with van der Waals surface area (Å²) in [4.78, 5) is 29.3. The first-order valence-electron chi connectivity index (χ1n) is 11.7. The van der Waals surface area contributed by atoms with Crippen molar-refractivity contribution < 1.29 is 46.1 Å². The van der Waals surface area contributed by atoms with E-state index in [1.165, 1.54) is 24.6 Å². The molecule has 3 N–H and O–H groups in total. The second-order valence-electron chi connectivity index (χ2n) is 8.85. The average Bonchev–Trinajstić information content (AvgIpc) is 3.45. The molecule has 1 amide bonds. The lowest BCUT2D eigenvalue weighted by Gasteiger charge is -2.34. The third-order valence-corrected chi connectivity index (χ3v) is 6.02. The Kier molecular flexibility index (Phi) is 7.93. The molecule has 1 atom stereocenters. The Hall–Kier alpha value is -4.68. The van der Waals surface area contributed by atoms with E-state index in [1.54, 1.807) is 30.3 Å². The Morgan fingerprint density at radius 2 is 1.65 bits per heavy atom. The lowest BCUT2D eigenvalue weighted by atomic mass is 9.85. The van der Waals surface area contributed by atoms with Crippen molar-refractivity contribution in [3.05, 3.63) is 102 Å². The molecule has 0 fully saturated rings. The normalized spacial score (nSPS) is 14.8. The number of amides is 1. The van der Waals surface area contributed by atoms with Crippen LogP contribution in [0, 0.1) is 0 Å². The summed E-state index contributed by atoms with van der Waals surface area (Å²) in [6, 6.07) is 14.7. The number of carbonyl (C=O) groups excluding carboxylic acids is 1. The van der Waals surface area contributed by atoms with E-state index in [0.717, 1.165) is 17.7 Å². The van der Waals surface area contributed by atoms with Crippen LogP contribution in [-0.2, 0) is 26.6 Å². The number of ether oxygens (including phenoxy) is 2. The van der Waals surface area contributed by atoms with Crippen molar-refractivity contribution in [1.29, 1.82) is 0 Å². The highest BCUT2D eigenvalue weighted by Gasteiger charge is 2.58. The number of aromatic nitrogens is 1. The maximum Gasteiger partial charge on any atom is 0.458 e. The van der Waals surface area contributed by atoms with E-state index >= 15 is 0 Å². The molecule has 0 aliphatic carbocycles. The first-order chi connectivity index (χ1) is 18.9. The van der Waals surface area contributed by atoms with Gasteiger partial charge in [-0.15, -0.1) is 0 Å². The second kappa shape index (κ2) is 11.2. The smallest absolute Gasteiger partial charge is 0.458 e. The Morgan fingerprint density at radius 1 is 0.950 bits per heavy atom. The molecule has 2 aromatic carbocycles. The minimum Gasteiger partial charge on any atom is -0.481 e. The van der Waals surface area contributed by atoms with Crippen molar-refractivity contribution in [3.63, 3.8) is 0 Å². The van der Waals surface area contributed by atoms with Gasteiger partial charge in [-0.2, -0.15) is 22.0 Å². The van der Waals surface area contributed by atoms with Crippen LogP contribution in [0.4, 0.5) is 33.5 Å². The molecule has 1 aromatic heterocycles. The molecule has 0 saturated carbocycles. The maximum absolute atomic E-state index is 13.6. The third-order valence-electron chi connectivity index (χ3n) is 6.02. The predicted octanol–water partition coefficient (Wildman–Crippen LogP) is 5.70. The van der Waals surface area contributed by atoms with Crippen molar-refractivity contribution in [2.24, 2.45) is 0 Å². The Balaban J connectivity index is 1.64. The van der Waals surface area contributed by atoms with Crippen LogP contribution in [0.15, 0.2) is 84.9 Å². The number of aliphatic carboxylic acids is 1. The lowest BCUT2D eigenvalue weighted by molar-refractivity contribution is -0.289. The quantitative estimate of drug-likeness (QED) is 0.272. The van der Waals surface area contributed by atoms with Crippen molar-refractivity contribution in [1.82, 2.24) is 4.98 Å². The molecular weight excluding hydrogens is 541 g/mol. The van der Waals surface area contributed by atoms with Gasteiger partial charge < -0.3 is 25.2 Å². The number of alkyl halides is 5. The van der Waals surface area contributed by atoms with Crippen LogP contribution in [-0.4, -0.2) is 40.5 Å². The molecule has 4 rings (SSSR count). The summed E-state index contributed by atoms with van der Waals surface area (Å²) in [7, 11) is 0. The zero-order chi connectivity index (χ0) is 29.0. The summed E-state index contributed by atoms with van der Waals surface area (Å²) >= 11 is 0. The van der Waals surface area contributed by atoms with Gasteiger partial charge in [0.2, 0.25) is 6.79 Å². The van der Waals surface area contributed by atoms with Gasteiger partial charge in [0.05, 0.1) is 12.0 Å². The van der Waals surface area contributed by atoms with Gasteiger partial charge in [-0.25, -0.2) is 4.98 Å². The highest BCUT2D eigenvalue weighted by atomic mass is 19.4. The van der Waals surface area contributed by atoms with Gasteiger partial charge in [-0.1, -0.05) is 42.5 Å². The standard InChI is InChI=1S/C27H22F5N3O5/c28-26(29,27(30,31)32)18-8-10-19(11-9-18)34-24(38)20-7-4-12-33-23(20)35-25(14-22(36)37,21-15-39-16-40-21)13-17-5-2-1-3-6-17/h1-12,15H,13-14,16H2,(H,33,35)(H,34,38)(H,36,37). The van der Waals surface area contributed by atoms with Crippen LogP contribution in [0.2, 0.25) is 0 Å². The topological polar surface area (TPSA) is 110 Å². The zero-order valence-corrected chi connectivity index (χ0v) is 20.5. The molecule has 1 unspecified atom stereocenters. The molecule has 3 aromatic rings. The van der Waals surface area contributed by atoms with Crippen LogP contribution >= 0.6 is 0 Å². The summed E-state index contributed by atoms with van der Waals surface area (Å²) in [5, 5.41) is 15.3. The largest absolute Gasteiger partial charge is 0.481 e. The zero-order valence-electron chi connectivity index (χ0n) is 20.5. The van der Waals surface area contributed by atoms with E-state index in [9.17, 15) is 36.6 Å². The highest BCUT2D eigenvalue weighted by Crippen LogP contribution is 2.44. The molecule has 2 heterocycles. The third kappa shape index (κ3) is 6.14. The van der Waals surface area contributed by atoms with Gasteiger partial charge in [0.1, 0.15) is 17.6 Å². The van der Waals surface area contributed by atoms with Crippen LogP contribution < -0.4 is 10.6 Å². The Morgan fingerprint density at radius 3 is 2.25 bits per heavy atom. The van der Waals surface area contributed by atoms with Gasteiger partial charge in [0, 0.05) is 23.9 Å². The molecule has 210 valence electrons. The number of carboxylic acid groups (broad SMARTS) is 1. The number of rotatable bonds is 10. The SMILES string of the molecule is O=C(O)CC(Cc1ccccc1)(Nc1ncccc1C(=O)Nc1ccc(C(F)(F)C(F)(F)F)cc1)C1=COCO1. The number of hydrogen-bond donors (Lipinski definition) is 3. The molecule has 0 bridgehead atoms. The number of nitrogens with one attached hydrogen (secondary N) is 2. The van der Waals surface area contributed by atoms with Crippen molar-refractivity contribution >= 4 is 23.4 Å². The van der Waals surface area contributed by atoms with E-state index in [0.29, 0.717) is 12.1 Å². The summed E-state index contributed by atoms with van der Waals surface area (Å²) in [5.41, 5.74) is -2.11. The number of carbonyl (C=O) groups is 2. The minimum absolute atomic E-state index is 0.0335. The number of benzene rings is 2. The highest BCUT2D eigenvalue weighted by molar-refractivity contribution is 6.07. The molecule has 13 heteroatoms. The van der Waals surface area contributed by atoms with E-state index in [1.807, 2.05) is 0 Å². The minimum atomic E-state index is -5.78. The second-order valence-corrected chi connectivity index (χ2v) is 8.85. The van der Waals surface area contributed by atoms with Crippen molar-refractivity contribution in [2.75, 3.05) is 17.4 Å². The molecule has 40 heavy (non-hydrogen) atoms. The van der Waals surface area contributed by atoms with Crippen molar-refractivity contribution in [2.45, 2.75) is 30.5 Å². The maximum atomic E-state index is 13.6. The van der Waals surface area contributed by atoms with Gasteiger partial charge in [-0.05, 0) is 29.8 Å². The number of hydrogen-bond acceptors (Lipinski definition) is 6.